The molecule has 2 amide bonds. The third-order valence-electron chi connectivity index (χ3n) is 2.78. The van der Waals surface area contributed by atoms with Gasteiger partial charge < -0.3 is 9.84 Å². The van der Waals surface area contributed by atoms with Crippen LogP contribution in [0, 0.1) is 10.1 Å². The number of carbonyl (C=O) groups excluding carboxylic acids is 2. The average Bonchev–Trinajstić information content (AvgIpc) is 2.67. The molecule has 0 aromatic heterocycles. The van der Waals surface area contributed by atoms with Gasteiger partial charge in [0.25, 0.3) is 11.1 Å². The molecule has 1 heterocycles. The van der Waals surface area contributed by atoms with E-state index in [1.807, 2.05) is 0 Å². The van der Waals surface area contributed by atoms with E-state index in [9.17, 15) is 24.8 Å². The Kier molecular flexibility index (Phi) is 3.85. The lowest BCUT2D eigenvalue weighted by atomic mass is 10.1. The van der Waals surface area contributed by atoms with Gasteiger partial charge in [-0.05, 0) is 29.5 Å². The number of hydrogen-bond acceptors (Lipinski definition) is 7. The number of likely N-dealkylation sites (N-methyl/N-ethyl adjacent to an activating group) is 1. The first-order valence-electron chi connectivity index (χ1n) is 5.62. The molecule has 9 heteroatoms. The molecule has 0 unspecified atom stereocenters. The Bertz CT molecular complexity index is 685. The van der Waals surface area contributed by atoms with E-state index in [4.69, 9.17) is 4.74 Å². The van der Waals surface area contributed by atoms with Crippen LogP contribution in [0.5, 0.6) is 11.5 Å². The van der Waals surface area contributed by atoms with Gasteiger partial charge in [-0.25, -0.2) is 0 Å². The first kappa shape index (κ1) is 14.9. The molecule has 110 valence electrons. The lowest BCUT2D eigenvalue weighted by Crippen LogP contribution is -2.22. The summed E-state index contributed by atoms with van der Waals surface area (Å²) in [6.07, 6.45) is 1.34. The SMILES string of the molecule is COc1cc(/C=C2\SC(=O)N(C)C2=O)cc([N+](=O)[O-])c1O. The summed E-state index contributed by atoms with van der Waals surface area (Å²) in [5.41, 5.74) is -0.272. The quantitative estimate of drug-likeness (QED) is 0.516. The predicted molar refractivity (Wildman–Crippen MR) is 75.0 cm³/mol. The third-order valence-corrected chi connectivity index (χ3v) is 3.74. The van der Waals surface area contributed by atoms with Gasteiger partial charge in [-0.2, -0.15) is 0 Å². The van der Waals surface area contributed by atoms with E-state index in [1.54, 1.807) is 0 Å². The fraction of sp³-hybridized carbons (Fsp3) is 0.167. The smallest absolute Gasteiger partial charge is 0.315 e. The molecule has 0 saturated carbocycles. The number of ether oxygens (including phenoxy) is 1. The number of methoxy groups -OCH3 is 1. The Morgan fingerprint density at radius 2 is 2.10 bits per heavy atom. The fourth-order valence-corrected chi connectivity index (χ4v) is 2.52. The molecule has 0 spiro atoms. The summed E-state index contributed by atoms with van der Waals surface area (Å²) in [5, 5.41) is 20.1. The largest absolute Gasteiger partial charge is 0.500 e. The minimum Gasteiger partial charge on any atom is -0.500 e. The molecule has 1 aromatic carbocycles. The average molecular weight is 310 g/mol. The number of phenols is 1. The molecule has 8 nitrogen and oxygen atoms in total. The lowest BCUT2D eigenvalue weighted by molar-refractivity contribution is -0.386. The van der Waals surface area contributed by atoms with Gasteiger partial charge in [0.2, 0.25) is 5.75 Å². The highest BCUT2D eigenvalue weighted by Crippen LogP contribution is 2.39. The molecule has 21 heavy (non-hydrogen) atoms. The standard InChI is InChI=1S/C12H10N2O6S/c1-13-11(16)9(21-12(13)17)5-6-3-7(14(18)19)10(15)8(4-6)20-2/h3-5,15H,1-2H3/b9-5-. The van der Waals surface area contributed by atoms with Crippen molar-refractivity contribution in [2.45, 2.75) is 0 Å². The maximum absolute atomic E-state index is 11.8. The van der Waals surface area contributed by atoms with Crippen LogP contribution in [0.1, 0.15) is 5.56 Å². The van der Waals surface area contributed by atoms with Gasteiger partial charge in [0.15, 0.2) is 5.75 Å². The number of nitrogens with zero attached hydrogens (tertiary/aromatic N) is 2. The van der Waals surface area contributed by atoms with Crippen molar-refractivity contribution >= 4 is 34.7 Å². The molecule has 1 aliphatic heterocycles. The number of nitro benzene ring substituents is 1. The number of amides is 2. The van der Waals surface area contributed by atoms with Crippen LogP contribution in [0.3, 0.4) is 0 Å². The van der Waals surface area contributed by atoms with Gasteiger partial charge in [0.1, 0.15) is 0 Å². The minimum atomic E-state index is -0.763. The van der Waals surface area contributed by atoms with Crippen LogP contribution in [0.15, 0.2) is 17.0 Å². The zero-order chi connectivity index (χ0) is 15.7. The molecule has 0 bridgehead atoms. The van der Waals surface area contributed by atoms with Crippen molar-refractivity contribution < 1.29 is 24.4 Å². The van der Waals surface area contributed by atoms with E-state index in [2.05, 4.69) is 0 Å². The Labute approximate surface area is 123 Å². The Morgan fingerprint density at radius 1 is 1.43 bits per heavy atom. The van der Waals surface area contributed by atoms with Crippen LogP contribution in [0.2, 0.25) is 0 Å². The van der Waals surface area contributed by atoms with E-state index in [-0.39, 0.29) is 16.2 Å². The van der Waals surface area contributed by atoms with Crippen LogP contribution >= 0.6 is 11.8 Å². The number of rotatable bonds is 3. The van der Waals surface area contributed by atoms with Crippen molar-refractivity contribution in [3.8, 4) is 11.5 Å². The van der Waals surface area contributed by atoms with E-state index in [0.717, 1.165) is 22.7 Å². The number of aromatic hydroxyl groups is 1. The first-order valence-corrected chi connectivity index (χ1v) is 6.43. The maximum Gasteiger partial charge on any atom is 0.315 e. The van der Waals surface area contributed by atoms with Gasteiger partial charge in [-0.1, -0.05) is 0 Å². The Morgan fingerprint density at radius 3 is 2.57 bits per heavy atom. The van der Waals surface area contributed by atoms with Crippen LogP contribution < -0.4 is 4.74 Å². The van der Waals surface area contributed by atoms with Gasteiger partial charge in [-0.3, -0.25) is 24.6 Å². The summed E-state index contributed by atoms with van der Waals surface area (Å²) >= 11 is 0.734. The normalized spacial score (nSPS) is 16.7. The number of hydrogen-bond donors (Lipinski definition) is 1. The number of carbonyl (C=O) groups is 2. The molecule has 1 aromatic rings. The van der Waals surface area contributed by atoms with Gasteiger partial charge >= 0.3 is 5.69 Å². The number of phenolic OH excluding ortho intramolecular Hbond substituents is 1. The third kappa shape index (κ3) is 2.68. The lowest BCUT2D eigenvalue weighted by Gasteiger charge is -2.05. The molecular formula is C12H10N2O6S. The fourth-order valence-electron chi connectivity index (χ4n) is 1.69. The highest BCUT2D eigenvalue weighted by molar-refractivity contribution is 8.18. The van der Waals surface area contributed by atoms with Crippen molar-refractivity contribution in [1.82, 2.24) is 4.90 Å². The summed E-state index contributed by atoms with van der Waals surface area (Å²) in [7, 11) is 2.60. The molecule has 0 aliphatic carbocycles. The molecule has 0 atom stereocenters. The van der Waals surface area contributed by atoms with Crippen molar-refractivity contribution in [3.63, 3.8) is 0 Å². The second kappa shape index (κ2) is 5.44. The van der Waals surface area contributed by atoms with E-state index < -0.39 is 27.5 Å². The van der Waals surface area contributed by atoms with Crippen LogP contribution in [-0.4, -0.2) is 40.2 Å². The van der Waals surface area contributed by atoms with Crippen LogP contribution in [0.4, 0.5) is 10.5 Å². The number of benzene rings is 1. The van der Waals surface area contributed by atoms with E-state index in [0.29, 0.717) is 0 Å². The van der Waals surface area contributed by atoms with Crippen LogP contribution in [0.25, 0.3) is 6.08 Å². The molecule has 0 radical (unpaired) electrons. The zero-order valence-electron chi connectivity index (χ0n) is 11.0. The Balaban J connectivity index is 2.51. The summed E-state index contributed by atoms with van der Waals surface area (Å²) < 4.78 is 4.86. The first-order chi connectivity index (χ1) is 9.85. The van der Waals surface area contributed by atoms with Gasteiger partial charge in [0, 0.05) is 13.1 Å². The monoisotopic (exact) mass is 310 g/mol. The van der Waals surface area contributed by atoms with Crippen molar-refractivity contribution in [1.29, 1.82) is 0 Å². The van der Waals surface area contributed by atoms with Crippen molar-refractivity contribution in [2.24, 2.45) is 0 Å². The molecular weight excluding hydrogens is 300 g/mol. The summed E-state index contributed by atoms with van der Waals surface area (Å²) in [6.45, 7) is 0. The van der Waals surface area contributed by atoms with Crippen molar-refractivity contribution in [3.05, 3.63) is 32.7 Å². The molecule has 1 fully saturated rings. The number of thioether (sulfide) groups is 1. The second-order valence-electron chi connectivity index (χ2n) is 4.09. The number of nitro groups is 1. The topological polar surface area (TPSA) is 110 Å². The second-order valence-corrected chi connectivity index (χ2v) is 5.08. The van der Waals surface area contributed by atoms with E-state index in [1.165, 1.54) is 26.3 Å². The molecule has 1 N–H and O–H groups in total. The summed E-state index contributed by atoms with van der Waals surface area (Å²) in [4.78, 5) is 34.4. The Hall–Kier alpha value is -2.55. The molecule has 1 saturated heterocycles. The summed E-state index contributed by atoms with van der Waals surface area (Å²) in [6, 6.07) is 2.44. The predicted octanol–water partition coefficient (Wildman–Crippen LogP) is 1.98. The van der Waals surface area contributed by atoms with Crippen molar-refractivity contribution in [2.75, 3.05) is 14.2 Å². The minimum absolute atomic E-state index is 0.0915. The highest BCUT2D eigenvalue weighted by atomic mass is 32.2. The molecule has 2 rings (SSSR count). The van der Waals surface area contributed by atoms with E-state index >= 15 is 0 Å². The summed E-state index contributed by atoms with van der Waals surface area (Å²) in [5.74, 6) is -1.17. The maximum atomic E-state index is 11.8. The highest BCUT2D eigenvalue weighted by Gasteiger charge is 2.32. The van der Waals surface area contributed by atoms with Gasteiger partial charge in [0.05, 0.1) is 16.9 Å². The van der Waals surface area contributed by atoms with Crippen LogP contribution in [-0.2, 0) is 4.79 Å². The van der Waals surface area contributed by atoms with Gasteiger partial charge in [-0.15, -0.1) is 0 Å². The number of imide groups is 1. The molecule has 1 aliphatic rings. The zero-order valence-corrected chi connectivity index (χ0v) is 11.8.